The minimum atomic E-state index is 0.259. The number of aryl methyl sites for hydroxylation is 2. The SMILES string of the molecule is Cc1cc(C)cc(-c2ccccc2-c2ccc(-c3ccc(-c4nc(C56CC7CC(CC(C7)C5)C6)cc(C56CC7CC(CC(C7)C5)C6)n4)cn3)cc2)c1. The molecule has 262 valence electrons. The lowest BCUT2D eigenvalue weighted by Crippen LogP contribution is -2.50. The van der Waals surface area contributed by atoms with Gasteiger partial charge >= 0.3 is 0 Å². The monoisotopic (exact) mass is 681 g/mol. The Bertz CT molecular complexity index is 2020. The van der Waals surface area contributed by atoms with E-state index in [-0.39, 0.29) is 10.8 Å². The van der Waals surface area contributed by atoms with Crippen molar-refractivity contribution < 1.29 is 0 Å². The van der Waals surface area contributed by atoms with Gasteiger partial charge in [-0.2, -0.15) is 0 Å². The van der Waals surface area contributed by atoms with Gasteiger partial charge in [-0.25, -0.2) is 9.97 Å². The number of rotatable bonds is 6. The van der Waals surface area contributed by atoms with Crippen LogP contribution in [-0.2, 0) is 10.8 Å². The van der Waals surface area contributed by atoms with E-state index >= 15 is 0 Å². The molecule has 8 bridgehead atoms. The third-order valence-corrected chi connectivity index (χ3v) is 14.9. The van der Waals surface area contributed by atoms with Gasteiger partial charge in [0.05, 0.1) is 17.1 Å². The van der Waals surface area contributed by atoms with Crippen LogP contribution in [0.3, 0.4) is 0 Å². The first-order valence-electron chi connectivity index (χ1n) is 20.5. The number of hydrogen-bond acceptors (Lipinski definition) is 3. The fourth-order valence-electron chi connectivity index (χ4n) is 13.6. The number of nitrogens with zero attached hydrogens (tertiary/aromatic N) is 3. The number of pyridine rings is 1. The van der Waals surface area contributed by atoms with Crippen LogP contribution < -0.4 is 0 Å². The maximum Gasteiger partial charge on any atom is 0.161 e. The van der Waals surface area contributed by atoms with E-state index in [0.717, 1.165) is 58.2 Å². The van der Waals surface area contributed by atoms with Crippen LogP contribution in [0.15, 0.2) is 91.1 Å². The fourth-order valence-corrected chi connectivity index (χ4v) is 13.6. The van der Waals surface area contributed by atoms with Crippen LogP contribution in [-0.4, -0.2) is 15.0 Å². The van der Waals surface area contributed by atoms with E-state index in [9.17, 15) is 0 Å². The molecule has 2 heterocycles. The normalized spacial score (nSPS) is 32.4. The maximum atomic E-state index is 5.56. The average molecular weight is 682 g/mol. The molecule has 3 nitrogen and oxygen atoms in total. The number of aromatic nitrogens is 3. The Morgan fingerprint density at radius 1 is 0.462 bits per heavy atom. The Kier molecular flexibility index (Phi) is 7.07. The van der Waals surface area contributed by atoms with Crippen molar-refractivity contribution in [3.8, 4) is 44.9 Å². The molecule has 2 aromatic heterocycles. The van der Waals surface area contributed by atoms with Crippen LogP contribution >= 0.6 is 0 Å². The molecule has 0 atom stereocenters. The summed E-state index contributed by atoms with van der Waals surface area (Å²) in [5, 5.41) is 0. The van der Waals surface area contributed by atoms with Gasteiger partial charge in [-0.05, 0) is 167 Å². The molecule has 0 aliphatic heterocycles. The number of hydrogen-bond donors (Lipinski definition) is 0. The maximum absolute atomic E-state index is 5.56. The van der Waals surface area contributed by atoms with Crippen molar-refractivity contribution in [2.24, 2.45) is 35.5 Å². The van der Waals surface area contributed by atoms with Crippen LogP contribution in [0.4, 0.5) is 0 Å². The summed E-state index contributed by atoms with van der Waals surface area (Å²) < 4.78 is 0. The molecule has 0 saturated heterocycles. The van der Waals surface area contributed by atoms with Crippen molar-refractivity contribution >= 4 is 0 Å². The summed E-state index contributed by atoms with van der Waals surface area (Å²) in [4.78, 5) is 16.2. The van der Waals surface area contributed by atoms with Gasteiger partial charge in [0.15, 0.2) is 5.82 Å². The van der Waals surface area contributed by atoms with E-state index in [1.54, 1.807) is 0 Å². The van der Waals surface area contributed by atoms with Crippen LogP contribution in [0.25, 0.3) is 44.9 Å². The van der Waals surface area contributed by atoms with Gasteiger partial charge in [0.25, 0.3) is 0 Å². The van der Waals surface area contributed by atoms with Gasteiger partial charge in [-0.15, -0.1) is 0 Å². The van der Waals surface area contributed by atoms with Crippen LogP contribution in [0.5, 0.6) is 0 Å². The molecule has 3 aromatic carbocycles. The minimum absolute atomic E-state index is 0.259. The fraction of sp³-hybridized carbons (Fsp3) is 0.449. The second-order valence-electron chi connectivity index (χ2n) is 18.8. The minimum Gasteiger partial charge on any atom is -0.255 e. The van der Waals surface area contributed by atoms with Crippen molar-refractivity contribution in [1.29, 1.82) is 0 Å². The molecule has 0 radical (unpaired) electrons. The third kappa shape index (κ3) is 5.24. The lowest BCUT2D eigenvalue weighted by Gasteiger charge is -2.58. The van der Waals surface area contributed by atoms with E-state index < -0.39 is 0 Å². The summed E-state index contributed by atoms with van der Waals surface area (Å²) in [6.45, 7) is 4.36. The van der Waals surface area contributed by atoms with E-state index in [2.05, 4.69) is 105 Å². The molecule has 3 heteroatoms. The first kappa shape index (κ1) is 31.4. The summed E-state index contributed by atoms with van der Waals surface area (Å²) in [6, 6.07) is 31.6. The molecule has 5 aromatic rings. The lowest BCUT2D eigenvalue weighted by atomic mass is 9.47. The Balaban J connectivity index is 0.932. The van der Waals surface area contributed by atoms with Crippen LogP contribution in [0.1, 0.15) is 99.6 Å². The van der Waals surface area contributed by atoms with Crippen molar-refractivity contribution in [1.82, 2.24) is 15.0 Å². The molecule has 0 N–H and O–H groups in total. The van der Waals surface area contributed by atoms with Crippen molar-refractivity contribution in [3.63, 3.8) is 0 Å². The van der Waals surface area contributed by atoms with Crippen LogP contribution in [0.2, 0.25) is 0 Å². The molecule has 0 unspecified atom stereocenters. The molecular weight excluding hydrogens is 631 g/mol. The van der Waals surface area contributed by atoms with Gasteiger partial charge in [-0.1, -0.05) is 77.9 Å². The Morgan fingerprint density at radius 2 is 0.904 bits per heavy atom. The smallest absolute Gasteiger partial charge is 0.161 e. The van der Waals surface area contributed by atoms with Gasteiger partial charge < -0.3 is 0 Å². The molecule has 8 fully saturated rings. The zero-order valence-electron chi connectivity index (χ0n) is 31.0. The highest BCUT2D eigenvalue weighted by Gasteiger charge is 2.55. The highest BCUT2D eigenvalue weighted by atomic mass is 14.9. The molecular formula is C49H51N3. The predicted molar refractivity (Wildman–Crippen MR) is 211 cm³/mol. The molecule has 13 rings (SSSR count). The first-order valence-corrected chi connectivity index (χ1v) is 20.5. The molecule has 8 aliphatic rings. The highest BCUT2D eigenvalue weighted by Crippen LogP contribution is 2.63. The van der Waals surface area contributed by atoms with Crippen LogP contribution in [0, 0.1) is 49.4 Å². The van der Waals surface area contributed by atoms with Crippen molar-refractivity contribution in [3.05, 3.63) is 114 Å². The lowest BCUT2D eigenvalue weighted by molar-refractivity contribution is -0.0110. The van der Waals surface area contributed by atoms with Gasteiger partial charge in [-0.3, -0.25) is 4.98 Å². The van der Waals surface area contributed by atoms with Crippen molar-refractivity contribution in [2.75, 3.05) is 0 Å². The topological polar surface area (TPSA) is 38.7 Å². The summed E-state index contributed by atoms with van der Waals surface area (Å²) in [5.41, 5.74) is 14.1. The molecule has 8 saturated carbocycles. The van der Waals surface area contributed by atoms with E-state index in [1.807, 2.05) is 0 Å². The zero-order valence-corrected chi connectivity index (χ0v) is 31.0. The number of benzene rings is 3. The van der Waals surface area contributed by atoms with E-state index in [1.165, 1.54) is 122 Å². The summed E-state index contributed by atoms with van der Waals surface area (Å²) >= 11 is 0. The van der Waals surface area contributed by atoms with E-state index in [0.29, 0.717) is 0 Å². The second kappa shape index (κ2) is 11.7. The van der Waals surface area contributed by atoms with Gasteiger partial charge in [0, 0.05) is 28.2 Å². The van der Waals surface area contributed by atoms with Crippen molar-refractivity contribution in [2.45, 2.75) is 102 Å². The molecule has 0 spiro atoms. The largest absolute Gasteiger partial charge is 0.255 e. The standard InChI is InChI=1S/C49H51N3/c1-30-13-31(2)15-41(14-30)43-6-4-3-5-42(43)38-7-9-39(10-8-38)44-12-11-40(29-50-44)47-51-45(48-23-32-16-33(24-48)18-34(17-32)25-48)22-46(52-47)49-26-35-19-36(27-49)21-37(20-35)28-49/h3-15,22,29,32-37H,16-21,23-28H2,1-2H3. The first-order chi connectivity index (χ1) is 25.3. The average Bonchev–Trinajstić information content (AvgIpc) is 3.13. The molecule has 8 aliphatic carbocycles. The molecule has 52 heavy (non-hydrogen) atoms. The Morgan fingerprint density at radius 3 is 1.37 bits per heavy atom. The Labute approximate surface area is 309 Å². The quantitative estimate of drug-likeness (QED) is 0.179. The highest BCUT2D eigenvalue weighted by molar-refractivity contribution is 5.84. The third-order valence-electron chi connectivity index (χ3n) is 14.9. The van der Waals surface area contributed by atoms with E-state index in [4.69, 9.17) is 15.0 Å². The zero-order chi connectivity index (χ0) is 34.6. The summed E-state index contributed by atoms with van der Waals surface area (Å²) in [6.07, 6.45) is 18.9. The predicted octanol–water partition coefficient (Wildman–Crippen LogP) is 12.1. The summed E-state index contributed by atoms with van der Waals surface area (Å²) in [5.74, 6) is 6.35. The Hall–Kier alpha value is -4.11. The second-order valence-corrected chi connectivity index (χ2v) is 18.8. The molecule has 0 amide bonds. The van der Waals surface area contributed by atoms with Gasteiger partial charge in [0.2, 0.25) is 0 Å². The summed E-state index contributed by atoms with van der Waals surface area (Å²) in [7, 11) is 0. The van der Waals surface area contributed by atoms with Gasteiger partial charge in [0.1, 0.15) is 0 Å².